The number of benzene rings is 3. The lowest BCUT2D eigenvalue weighted by atomic mass is 9.79. The average Bonchev–Trinajstić information content (AvgIpc) is 3.08. The van der Waals surface area contributed by atoms with E-state index in [1.807, 2.05) is 0 Å². The predicted molar refractivity (Wildman–Crippen MR) is 154 cm³/mol. The molecule has 4 atom stereocenters. The van der Waals surface area contributed by atoms with Crippen LogP contribution in [0.25, 0.3) is 10.8 Å². The number of hydrogen-bond acceptors (Lipinski definition) is 12. The van der Waals surface area contributed by atoms with Gasteiger partial charge in [0.25, 0.3) is 0 Å². The highest BCUT2D eigenvalue weighted by atomic mass is 19.4. The Kier molecular flexibility index (Phi) is 9.24. The Morgan fingerprint density at radius 2 is 1.69 bits per heavy atom. The van der Waals surface area contributed by atoms with E-state index < -0.39 is 111 Å². The Morgan fingerprint density at radius 3 is 2.33 bits per heavy atom. The second-order valence-electron chi connectivity index (χ2n) is 11.1. The van der Waals surface area contributed by atoms with Crippen molar-refractivity contribution in [1.82, 2.24) is 5.48 Å². The number of rotatable bonds is 6. The number of alkyl halides is 3. The molecule has 0 bridgehead atoms. The van der Waals surface area contributed by atoms with E-state index in [0.29, 0.717) is 6.42 Å². The van der Waals surface area contributed by atoms with Crippen molar-refractivity contribution in [2.75, 3.05) is 13.7 Å². The van der Waals surface area contributed by atoms with Crippen LogP contribution in [0.3, 0.4) is 0 Å². The Balaban J connectivity index is 1.85. The van der Waals surface area contributed by atoms with Gasteiger partial charge in [-0.05, 0) is 30.5 Å². The Hall–Kier alpha value is -4.97. The normalized spacial score (nSPS) is 21.4. The van der Waals surface area contributed by atoms with Crippen molar-refractivity contribution in [2.24, 2.45) is 0 Å². The quantitative estimate of drug-likeness (QED) is 0.114. The van der Waals surface area contributed by atoms with Crippen LogP contribution in [0.1, 0.15) is 68.3 Å². The number of phenolic OH excluding ortho intramolecular Hbond substituents is 2. The molecule has 3 aromatic rings. The van der Waals surface area contributed by atoms with Crippen LogP contribution in [0, 0.1) is 6.42 Å². The van der Waals surface area contributed by atoms with Gasteiger partial charge in [-0.15, -0.1) is 0 Å². The molecule has 5 rings (SSSR count). The average molecular weight is 679 g/mol. The highest BCUT2D eigenvalue weighted by molar-refractivity contribution is 6.33. The number of aliphatic hydroxyl groups is 3. The van der Waals surface area contributed by atoms with E-state index in [4.69, 9.17) is 14.3 Å². The molecule has 255 valence electrons. The van der Waals surface area contributed by atoms with Gasteiger partial charge in [-0.25, -0.2) is 0 Å². The first-order valence-electron chi connectivity index (χ1n) is 14.2. The molecule has 1 amide bonds. The van der Waals surface area contributed by atoms with Crippen LogP contribution in [0.15, 0.2) is 24.3 Å². The zero-order valence-electron chi connectivity index (χ0n) is 24.7. The smallest absolute Gasteiger partial charge is 0.474 e. The van der Waals surface area contributed by atoms with Crippen molar-refractivity contribution in [2.45, 2.75) is 49.9 Å². The number of hydroxylamine groups is 1. The summed E-state index contributed by atoms with van der Waals surface area (Å²) >= 11 is 0. The summed E-state index contributed by atoms with van der Waals surface area (Å²) in [5.41, 5.74) is -1.81. The zero-order valence-corrected chi connectivity index (χ0v) is 24.7. The molecule has 1 heterocycles. The summed E-state index contributed by atoms with van der Waals surface area (Å²) in [5.74, 6) is -9.41. The van der Waals surface area contributed by atoms with Crippen molar-refractivity contribution >= 4 is 34.2 Å². The van der Waals surface area contributed by atoms with Gasteiger partial charge < -0.3 is 45.0 Å². The van der Waals surface area contributed by atoms with Crippen molar-refractivity contribution < 1.29 is 77.3 Å². The lowest BCUT2D eigenvalue weighted by molar-refractivity contribution is -0.180. The Morgan fingerprint density at radius 1 is 1.00 bits per heavy atom. The third-order valence-electron chi connectivity index (χ3n) is 8.02. The predicted octanol–water partition coefficient (Wildman–Crippen LogP) is 1.97. The van der Waals surface area contributed by atoms with E-state index in [2.05, 4.69) is 0 Å². The minimum absolute atomic E-state index is 0.0882. The molecule has 0 spiro atoms. The number of aromatic hydroxyl groups is 2. The summed E-state index contributed by atoms with van der Waals surface area (Å²) in [4.78, 5) is 56.4. The molecule has 0 unspecified atom stereocenters. The van der Waals surface area contributed by atoms with Gasteiger partial charge in [-0.1, -0.05) is 12.1 Å². The summed E-state index contributed by atoms with van der Waals surface area (Å²) in [6.07, 6.45) is -11.6. The van der Waals surface area contributed by atoms with Gasteiger partial charge in [-0.3, -0.25) is 19.2 Å². The van der Waals surface area contributed by atoms with E-state index >= 15 is 0 Å². The summed E-state index contributed by atoms with van der Waals surface area (Å²) < 4.78 is 50.7. The van der Waals surface area contributed by atoms with Crippen molar-refractivity contribution in [3.05, 3.63) is 64.1 Å². The van der Waals surface area contributed by atoms with Gasteiger partial charge in [-0.2, -0.15) is 18.7 Å². The topological polar surface area (TPSA) is 229 Å². The number of aliphatic hydroxyl groups excluding tert-OH is 3. The largest absolute Gasteiger partial charge is 0.506 e. The van der Waals surface area contributed by atoms with Crippen LogP contribution in [0.4, 0.5) is 13.2 Å². The summed E-state index contributed by atoms with van der Waals surface area (Å²) in [6, 6.07) is 4.92. The third-order valence-corrected chi connectivity index (χ3v) is 8.02. The van der Waals surface area contributed by atoms with E-state index in [1.165, 1.54) is 25.3 Å². The molecular formula is C31H27F3NO13. The number of ketones is 2. The van der Waals surface area contributed by atoms with Gasteiger partial charge in [0.1, 0.15) is 17.2 Å². The first-order valence-corrected chi connectivity index (χ1v) is 14.2. The van der Waals surface area contributed by atoms with Gasteiger partial charge in [0.15, 0.2) is 11.5 Å². The second-order valence-corrected chi connectivity index (χ2v) is 11.1. The molecule has 2 aliphatic rings. The van der Waals surface area contributed by atoms with Gasteiger partial charge in [0, 0.05) is 22.9 Å². The lowest BCUT2D eigenvalue weighted by Gasteiger charge is -2.27. The number of halogens is 3. The maximum atomic E-state index is 13.8. The Labute approximate surface area is 267 Å². The van der Waals surface area contributed by atoms with Crippen LogP contribution in [0.2, 0.25) is 0 Å². The molecule has 7 N–H and O–H groups in total. The molecule has 1 fully saturated rings. The number of carboxylic acids is 1. The molecule has 14 nitrogen and oxygen atoms in total. The fourth-order valence-corrected chi connectivity index (χ4v) is 5.84. The van der Waals surface area contributed by atoms with Crippen LogP contribution in [0.5, 0.6) is 23.0 Å². The molecule has 1 saturated heterocycles. The Bertz CT molecular complexity index is 1840. The number of carbonyl (C=O) groups excluding carboxylic acids is 3. The molecule has 3 aromatic carbocycles. The minimum atomic E-state index is -5.51. The van der Waals surface area contributed by atoms with E-state index in [1.54, 1.807) is 0 Å². The van der Waals surface area contributed by atoms with Gasteiger partial charge in [0.05, 0.1) is 66.6 Å². The fraction of sp³-hybridized carbons (Fsp3) is 0.323. The number of aliphatic carboxylic acids is 1. The number of phenols is 2. The van der Waals surface area contributed by atoms with Crippen molar-refractivity contribution in [1.29, 1.82) is 0 Å². The first kappa shape index (κ1) is 34.4. The molecule has 1 radical (unpaired) electrons. The molecule has 17 heteroatoms. The monoisotopic (exact) mass is 678 g/mol. The SMILES string of the molecule is COc1cccc2c1C(=O)c1c(c(O)c3cc([CH]C(=O)O)c([C@@H]4CC[C@H](O)[C@H](O)C[C@@H](O)CO4)c(ONC(=O)C(F)(F)F)c3c1O)C2=O. The summed E-state index contributed by atoms with van der Waals surface area (Å²) in [7, 11) is 1.20. The first-order chi connectivity index (χ1) is 22.6. The van der Waals surface area contributed by atoms with Crippen molar-refractivity contribution in [3.8, 4) is 23.0 Å². The second kappa shape index (κ2) is 12.9. The lowest BCUT2D eigenvalue weighted by Crippen LogP contribution is -2.39. The summed E-state index contributed by atoms with van der Waals surface area (Å²) in [6.45, 7) is -0.557. The molecule has 1 aliphatic heterocycles. The number of amides is 1. The number of hydrogen-bond donors (Lipinski definition) is 7. The number of carboxylic acid groups (broad SMARTS) is 1. The highest BCUT2D eigenvalue weighted by Crippen LogP contribution is 2.52. The minimum Gasteiger partial charge on any atom is -0.506 e. The number of fused-ring (bicyclic) bond motifs is 3. The van der Waals surface area contributed by atoms with Gasteiger partial charge >= 0.3 is 18.1 Å². The zero-order chi connectivity index (χ0) is 35.2. The maximum Gasteiger partial charge on any atom is 0.474 e. The molecule has 48 heavy (non-hydrogen) atoms. The van der Waals surface area contributed by atoms with Crippen LogP contribution < -0.4 is 15.1 Å². The fourth-order valence-electron chi connectivity index (χ4n) is 5.84. The number of nitrogens with one attached hydrogen (secondary N) is 1. The molecular weight excluding hydrogens is 651 g/mol. The van der Waals surface area contributed by atoms with E-state index in [9.17, 15) is 63.0 Å². The van der Waals surface area contributed by atoms with Crippen LogP contribution in [-0.4, -0.2) is 92.3 Å². The number of methoxy groups -OCH3 is 1. The van der Waals surface area contributed by atoms with Crippen molar-refractivity contribution in [3.63, 3.8) is 0 Å². The van der Waals surface area contributed by atoms with Crippen LogP contribution >= 0.6 is 0 Å². The molecule has 1 aliphatic carbocycles. The van der Waals surface area contributed by atoms with Crippen LogP contribution in [-0.2, 0) is 14.3 Å². The third kappa shape index (κ3) is 6.08. The standard InChI is InChI=1S/C31H27F3NO13/c1-46-17-4-2-3-13-21(17)27(43)24-23(25(13)41)26(42)14-7-11(8-19(39)40)20(18-6-5-15(37)16(38)9-12(36)10-47-18)29(22(14)28(24)44)48-35-30(45)31(32,33)34/h2-4,7-8,12,15-16,18,36-38,42,44H,5-6,9-10H2,1H3,(H,35,45)(H,39,40)/t12-,15+,16-,18+/m1/s1. The number of carbonyl (C=O) groups is 4. The van der Waals surface area contributed by atoms with E-state index in [0.717, 1.165) is 11.5 Å². The van der Waals surface area contributed by atoms with Gasteiger partial charge in [0.2, 0.25) is 5.78 Å². The maximum absolute atomic E-state index is 13.8. The van der Waals surface area contributed by atoms with E-state index in [-0.39, 0.29) is 36.1 Å². The number of ether oxygens (including phenoxy) is 2. The molecule has 0 saturated carbocycles. The summed E-state index contributed by atoms with van der Waals surface area (Å²) in [5, 5.41) is 62.4. The highest BCUT2D eigenvalue weighted by Gasteiger charge is 2.42. The molecule has 0 aromatic heterocycles.